The Kier molecular flexibility index (Phi) is 5.26. The number of halogens is 1. The number of amides is 1. The second kappa shape index (κ2) is 7.21. The lowest BCUT2D eigenvalue weighted by molar-refractivity contribution is -0.119. The van der Waals surface area contributed by atoms with E-state index in [1.54, 1.807) is 11.3 Å². The molecule has 126 valence electrons. The SMILES string of the molecule is CCNC(=NCc1ccc(Br)s1)N1CCCC2(CNC(=O)C2)C1. The van der Waals surface area contributed by atoms with E-state index in [2.05, 4.69) is 50.5 Å². The van der Waals surface area contributed by atoms with Gasteiger partial charge in [0, 0.05) is 42.9 Å². The fourth-order valence-corrected chi connectivity index (χ4v) is 4.85. The minimum absolute atomic E-state index is 0.0947. The molecule has 0 bridgehead atoms. The van der Waals surface area contributed by atoms with Gasteiger partial charge in [-0.25, -0.2) is 4.99 Å². The first kappa shape index (κ1) is 16.8. The quantitative estimate of drug-likeness (QED) is 0.607. The molecule has 2 aliphatic rings. The van der Waals surface area contributed by atoms with Crippen LogP contribution < -0.4 is 10.6 Å². The van der Waals surface area contributed by atoms with Gasteiger partial charge in [0.25, 0.3) is 0 Å². The number of nitrogens with zero attached hydrogens (tertiary/aromatic N) is 2. The van der Waals surface area contributed by atoms with Crippen molar-refractivity contribution < 1.29 is 4.79 Å². The van der Waals surface area contributed by atoms with Gasteiger partial charge in [0.15, 0.2) is 5.96 Å². The molecule has 1 aromatic rings. The van der Waals surface area contributed by atoms with E-state index in [0.29, 0.717) is 13.0 Å². The van der Waals surface area contributed by atoms with Crippen LogP contribution in [0.2, 0.25) is 0 Å². The summed E-state index contributed by atoms with van der Waals surface area (Å²) in [4.78, 5) is 20.0. The second-order valence-electron chi connectivity index (χ2n) is 6.35. The van der Waals surface area contributed by atoms with Crippen LogP contribution in [-0.2, 0) is 11.3 Å². The van der Waals surface area contributed by atoms with Gasteiger partial charge in [-0.2, -0.15) is 0 Å². The molecule has 1 atom stereocenters. The Morgan fingerprint density at radius 1 is 1.57 bits per heavy atom. The molecule has 23 heavy (non-hydrogen) atoms. The summed E-state index contributed by atoms with van der Waals surface area (Å²) in [5.41, 5.74) is 0.0947. The maximum absolute atomic E-state index is 11.7. The normalized spacial score (nSPS) is 25.0. The van der Waals surface area contributed by atoms with E-state index < -0.39 is 0 Å². The molecule has 0 saturated carbocycles. The molecule has 5 nitrogen and oxygen atoms in total. The minimum atomic E-state index is 0.0947. The summed E-state index contributed by atoms with van der Waals surface area (Å²) in [6.45, 7) is 6.37. The van der Waals surface area contributed by atoms with Crippen molar-refractivity contribution >= 4 is 39.1 Å². The number of carbonyl (C=O) groups is 1. The highest BCUT2D eigenvalue weighted by Crippen LogP contribution is 2.36. The van der Waals surface area contributed by atoms with Gasteiger partial charge in [-0.05, 0) is 47.8 Å². The molecule has 2 aliphatic heterocycles. The van der Waals surface area contributed by atoms with Gasteiger partial charge < -0.3 is 15.5 Å². The largest absolute Gasteiger partial charge is 0.357 e. The zero-order valence-corrected chi connectivity index (χ0v) is 15.8. The number of hydrogen-bond donors (Lipinski definition) is 2. The molecule has 7 heteroatoms. The van der Waals surface area contributed by atoms with Crippen LogP contribution in [0.25, 0.3) is 0 Å². The number of aliphatic imine (C=N–C) groups is 1. The highest BCUT2D eigenvalue weighted by atomic mass is 79.9. The lowest BCUT2D eigenvalue weighted by Crippen LogP contribution is -2.51. The second-order valence-corrected chi connectivity index (χ2v) is 8.90. The topological polar surface area (TPSA) is 56.7 Å². The van der Waals surface area contributed by atoms with E-state index in [-0.39, 0.29) is 11.3 Å². The van der Waals surface area contributed by atoms with Gasteiger partial charge in [-0.3, -0.25) is 4.79 Å². The first-order valence-electron chi connectivity index (χ1n) is 8.14. The Hall–Kier alpha value is -1.08. The number of guanidine groups is 1. The maximum atomic E-state index is 11.7. The third-order valence-electron chi connectivity index (χ3n) is 4.51. The van der Waals surface area contributed by atoms with E-state index in [0.717, 1.165) is 48.8 Å². The van der Waals surface area contributed by atoms with Gasteiger partial charge in [0.1, 0.15) is 0 Å². The number of likely N-dealkylation sites (tertiary alicyclic amines) is 1. The minimum Gasteiger partial charge on any atom is -0.357 e. The standard InChI is InChI=1S/C16H23BrN4OS/c1-2-18-15(19-9-12-4-5-13(17)23-12)21-7-3-6-16(11-21)8-14(22)20-10-16/h4-5H,2-3,6-11H2,1H3,(H,18,19)(H,20,22). The van der Waals surface area contributed by atoms with Crippen LogP contribution in [0.3, 0.4) is 0 Å². The Morgan fingerprint density at radius 3 is 3.09 bits per heavy atom. The predicted molar refractivity (Wildman–Crippen MR) is 97.7 cm³/mol. The molecule has 2 saturated heterocycles. The third-order valence-corrected chi connectivity index (χ3v) is 6.11. The van der Waals surface area contributed by atoms with Crippen LogP contribution in [0.4, 0.5) is 0 Å². The van der Waals surface area contributed by atoms with Crippen LogP contribution in [0.1, 0.15) is 31.1 Å². The fraction of sp³-hybridized carbons (Fsp3) is 0.625. The molecule has 1 aromatic heterocycles. The predicted octanol–water partition coefficient (Wildman–Crippen LogP) is 2.58. The van der Waals surface area contributed by atoms with Gasteiger partial charge in [-0.1, -0.05) is 0 Å². The summed E-state index contributed by atoms with van der Waals surface area (Å²) in [5, 5.41) is 6.41. The molecule has 1 spiro atoms. The van der Waals surface area contributed by atoms with Gasteiger partial charge in [0.2, 0.25) is 5.91 Å². The lowest BCUT2D eigenvalue weighted by atomic mass is 9.79. The van der Waals surface area contributed by atoms with Crippen LogP contribution in [-0.4, -0.2) is 42.9 Å². The molecule has 2 fully saturated rings. The van der Waals surface area contributed by atoms with Crippen molar-refractivity contribution in [1.29, 1.82) is 0 Å². The zero-order chi connectivity index (χ0) is 16.3. The van der Waals surface area contributed by atoms with E-state index in [9.17, 15) is 4.79 Å². The number of thiophene rings is 1. The lowest BCUT2D eigenvalue weighted by Gasteiger charge is -2.40. The highest BCUT2D eigenvalue weighted by Gasteiger charge is 2.42. The highest BCUT2D eigenvalue weighted by molar-refractivity contribution is 9.11. The first-order valence-corrected chi connectivity index (χ1v) is 9.75. The molecule has 0 aromatic carbocycles. The number of piperidine rings is 1. The summed E-state index contributed by atoms with van der Waals surface area (Å²) >= 11 is 5.22. The Labute approximate surface area is 149 Å². The molecule has 3 heterocycles. The van der Waals surface area contributed by atoms with Crippen molar-refractivity contribution in [2.45, 2.75) is 32.7 Å². The monoisotopic (exact) mass is 398 g/mol. The van der Waals surface area contributed by atoms with E-state index in [4.69, 9.17) is 4.99 Å². The van der Waals surface area contributed by atoms with Crippen molar-refractivity contribution in [1.82, 2.24) is 15.5 Å². The summed E-state index contributed by atoms with van der Waals surface area (Å²) in [6, 6.07) is 4.17. The smallest absolute Gasteiger partial charge is 0.220 e. The number of carbonyl (C=O) groups excluding carboxylic acids is 1. The number of nitrogens with one attached hydrogen (secondary N) is 2. The van der Waals surface area contributed by atoms with Crippen molar-refractivity contribution in [3.63, 3.8) is 0 Å². The fourth-order valence-electron chi connectivity index (χ4n) is 3.44. The first-order chi connectivity index (χ1) is 11.1. The Bertz CT molecular complexity index is 603. The van der Waals surface area contributed by atoms with Crippen molar-refractivity contribution in [2.24, 2.45) is 10.4 Å². The molecule has 1 amide bonds. The van der Waals surface area contributed by atoms with E-state index >= 15 is 0 Å². The molecule has 1 unspecified atom stereocenters. The molecule has 0 radical (unpaired) electrons. The van der Waals surface area contributed by atoms with Gasteiger partial charge in [0.05, 0.1) is 10.3 Å². The molecular formula is C16H23BrN4OS. The molecule has 3 rings (SSSR count). The molecular weight excluding hydrogens is 376 g/mol. The zero-order valence-electron chi connectivity index (χ0n) is 13.4. The van der Waals surface area contributed by atoms with Gasteiger partial charge in [-0.15, -0.1) is 11.3 Å². The Balaban J connectivity index is 1.70. The average molecular weight is 399 g/mol. The van der Waals surface area contributed by atoms with Crippen LogP contribution in [0.5, 0.6) is 0 Å². The van der Waals surface area contributed by atoms with Crippen LogP contribution in [0.15, 0.2) is 20.9 Å². The third kappa shape index (κ3) is 4.07. The Morgan fingerprint density at radius 2 is 2.43 bits per heavy atom. The average Bonchev–Trinajstić information content (AvgIpc) is 3.10. The molecule has 2 N–H and O–H groups in total. The van der Waals surface area contributed by atoms with E-state index in [1.165, 1.54) is 4.88 Å². The summed E-state index contributed by atoms with van der Waals surface area (Å²) < 4.78 is 1.14. The van der Waals surface area contributed by atoms with E-state index in [1.807, 2.05) is 0 Å². The number of hydrogen-bond acceptors (Lipinski definition) is 3. The summed E-state index contributed by atoms with van der Waals surface area (Å²) in [6.07, 6.45) is 2.89. The van der Waals surface area contributed by atoms with Crippen molar-refractivity contribution in [3.8, 4) is 0 Å². The van der Waals surface area contributed by atoms with Crippen molar-refractivity contribution in [2.75, 3.05) is 26.2 Å². The van der Waals surface area contributed by atoms with Crippen molar-refractivity contribution in [3.05, 3.63) is 20.8 Å². The van der Waals surface area contributed by atoms with Gasteiger partial charge >= 0.3 is 0 Å². The number of rotatable bonds is 3. The maximum Gasteiger partial charge on any atom is 0.220 e. The molecule has 0 aliphatic carbocycles. The summed E-state index contributed by atoms with van der Waals surface area (Å²) in [5.74, 6) is 1.16. The summed E-state index contributed by atoms with van der Waals surface area (Å²) in [7, 11) is 0. The van der Waals surface area contributed by atoms with Crippen LogP contribution in [0, 0.1) is 5.41 Å². The van der Waals surface area contributed by atoms with Crippen LogP contribution >= 0.6 is 27.3 Å².